The van der Waals surface area contributed by atoms with Crippen LogP contribution >= 0.6 is 11.3 Å². The molecule has 3 aromatic rings. The zero-order valence-electron chi connectivity index (χ0n) is 11.4. The van der Waals surface area contributed by atoms with Crippen LogP contribution < -0.4 is 11.1 Å². The molecule has 21 heavy (non-hydrogen) atoms. The number of nitrogens with zero attached hydrogens (tertiary/aromatic N) is 1. The summed E-state index contributed by atoms with van der Waals surface area (Å²) in [6.45, 7) is 0. The van der Waals surface area contributed by atoms with Crippen molar-refractivity contribution in [1.82, 2.24) is 4.57 Å². The number of thiophene rings is 1. The molecule has 3 N–H and O–H groups in total. The predicted molar refractivity (Wildman–Crippen MR) is 86.9 cm³/mol. The SMILES string of the molecule is Nc1cc(C(=O)Nc2ccc3sccc3c2)n(C2CC2)c1. The number of carbonyl (C=O) groups excluding carboxylic acids is 1. The van der Waals surface area contributed by atoms with E-state index in [4.69, 9.17) is 5.73 Å². The molecule has 1 amide bonds. The summed E-state index contributed by atoms with van der Waals surface area (Å²) >= 11 is 1.70. The molecule has 1 fully saturated rings. The Labute approximate surface area is 126 Å². The molecule has 1 aromatic carbocycles. The van der Waals surface area contributed by atoms with Crippen LogP contribution in [0.3, 0.4) is 0 Å². The van der Waals surface area contributed by atoms with E-state index in [0.717, 1.165) is 23.9 Å². The summed E-state index contributed by atoms with van der Waals surface area (Å²) in [6.07, 6.45) is 4.10. The second-order valence-corrected chi connectivity index (χ2v) is 6.37. The van der Waals surface area contributed by atoms with Gasteiger partial charge < -0.3 is 15.6 Å². The molecule has 0 atom stereocenters. The molecule has 0 saturated heterocycles. The second-order valence-electron chi connectivity index (χ2n) is 5.42. The number of benzene rings is 1. The van der Waals surface area contributed by atoms with Gasteiger partial charge in [0.2, 0.25) is 0 Å². The molecule has 0 bridgehead atoms. The summed E-state index contributed by atoms with van der Waals surface area (Å²) in [7, 11) is 0. The van der Waals surface area contributed by atoms with Gasteiger partial charge in [-0.3, -0.25) is 4.79 Å². The lowest BCUT2D eigenvalue weighted by Crippen LogP contribution is -2.16. The number of rotatable bonds is 3. The Morgan fingerprint density at radius 2 is 2.14 bits per heavy atom. The molecule has 0 unspecified atom stereocenters. The minimum atomic E-state index is -0.104. The highest BCUT2D eigenvalue weighted by Crippen LogP contribution is 2.37. The lowest BCUT2D eigenvalue weighted by atomic mass is 10.2. The van der Waals surface area contributed by atoms with E-state index in [9.17, 15) is 4.79 Å². The Hall–Kier alpha value is -2.27. The Morgan fingerprint density at radius 3 is 2.95 bits per heavy atom. The van der Waals surface area contributed by atoms with Crippen LogP contribution in [0.1, 0.15) is 29.4 Å². The topological polar surface area (TPSA) is 60.1 Å². The van der Waals surface area contributed by atoms with Crippen LogP contribution in [0.5, 0.6) is 0 Å². The van der Waals surface area contributed by atoms with Crippen molar-refractivity contribution in [3.8, 4) is 0 Å². The molecule has 4 rings (SSSR count). The molecule has 5 heteroatoms. The molecule has 106 valence electrons. The quantitative estimate of drug-likeness (QED) is 0.771. The fraction of sp³-hybridized carbons (Fsp3) is 0.188. The third kappa shape index (κ3) is 2.29. The van der Waals surface area contributed by atoms with Gasteiger partial charge in [0.1, 0.15) is 5.69 Å². The molecule has 1 aliphatic carbocycles. The van der Waals surface area contributed by atoms with Gasteiger partial charge in [0, 0.05) is 22.6 Å². The van der Waals surface area contributed by atoms with E-state index in [1.807, 2.05) is 29.0 Å². The van der Waals surface area contributed by atoms with E-state index in [2.05, 4.69) is 16.8 Å². The number of nitrogens with two attached hydrogens (primary N) is 1. The van der Waals surface area contributed by atoms with Crippen LogP contribution in [0.4, 0.5) is 11.4 Å². The smallest absolute Gasteiger partial charge is 0.272 e. The first-order valence-electron chi connectivity index (χ1n) is 6.97. The lowest BCUT2D eigenvalue weighted by molar-refractivity contribution is 0.101. The minimum absolute atomic E-state index is 0.104. The summed E-state index contributed by atoms with van der Waals surface area (Å²) < 4.78 is 3.21. The highest BCUT2D eigenvalue weighted by atomic mass is 32.1. The number of hydrogen-bond donors (Lipinski definition) is 2. The van der Waals surface area contributed by atoms with Crippen LogP contribution in [0.2, 0.25) is 0 Å². The summed E-state index contributed by atoms with van der Waals surface area (Å²) in [5, 5.41) is 6.16. The van der Waals surface area contributed by atoms with Crippen molar-refractivity contribution in [2.45, 2.75) is 18.9 Å². The molecular weight excluding hydrogens is 282 g/mol. The number of carbonyl (C=O) groups is 1. The molecular formula is C16H15N3OS. The first-order chi connectivity index (χ1) is 10.2. The van der Waals surface area contributed by atoms with Crippen LogP contribution in [0, 0.1) is 0 Å². The van der Waals surface area contributed by atoms with E-state index in [0.29, 0.717) is 17.4 Å². The normalized spacial score (nSPS) is 14.5. The summed E-state index contributed by atoms with van der Waals surface area (Å²) in [5.74, 6) is -0.104. The summed E-state index contributed by atoms with van der Waals surface area (Å²) in [6, 6.07) is 10.2. The van der Waals surface area contributed by atoms with E-state index < -0.39 is 0 Å². The Bertz CT molecular complexity index is 829. The van der Waals surface area contributed by atoms with Gasteiger partial charge in [-0.05, 0) is 53.9 Å². The maximum absolute atomic E-state index is 12.5. The van der Waals surface area contributed by atoms with Crippen LogP contribution in [0.25, 0.3) is 10.1 Å². The monoisotopic (exact) mass is 297 g/mol. The fourth-order valence-electron chi connectivity index (χ4n) is 2.58. The molecule has 1 aliphatic rings. The van der Waals surface area contributed by atoms with Crippen LogP contribution in [-0.2, 0) is 0 Å². The zero-order valence-corrected chi connectivity index (χ0v) is 12.2. The number of fused-ring (bicyclic) bond motifs is 1. The van der Waals surface area contributed by atoms with Crippen LogP contribution in [-0.4, -0.2) is 10.5 Å². The standard InChI is InChI=1S/C16H15N3OS/c17-11-8-14(19(9-11)13-2-3-13)16(20)18-12-1-4-15-10(7-12)5-6-21-15/h1,4-9,13H,2-3,17H2,(H,18,20). The number of aromatic nitrogens is 1. The Kier molecular flexibility index (Phi) is 2.75. The first kappa shape index (κ1) is 12.5. The molecule has 0 spiro atoms. The van der Waals surface area contributed by atoms with Gasteiger partial charge in [0.25, 0.3) is 5.91 Å². The van der Waals surface area contributed by atoms with Gasteiger partial charge in [-0.2, -0.15) is 0 Å². The number of anilines is 2. The predicted octanol–water partition coefficient (Wildman–Crippen LogP) is 3.87. The highest BCUT2D eigenvalue weighted by Gasteiger charge is 2.27. The average Bonchev–Trinajstić information content (AvgIpc) is 3.07. The molecule has 1 saturated carbocycles. The van der Waals surface area contributed by atoms with Crippen molar-refractivity contribution >= 4 is 38.7 Å². The lowest BCUT2D eigenvalue weighted by Gasteiger charge is -2.08. The van der Waals surface area contributed by atoms with Gasteiger partial charge in [-0.15, -0.1) is 11.3 Å². The van der Waals surface area contributed by atoms with Crippen molar-refractivity contribution in [3.05, 3.63) is 47.6 Å². The Morgan fingerprint density at radius 1 is 1.29 bits per heavy atom. The molecule has 2 aromatic heterocycles. The second kappa shape index (κ2) is 4.63. The van der Waals surface area contributed by atoms with Crippen molar-refractivity contribution < 1.29 is 4.79 Å². The average molecular weight is 297 g/mol. The van der Waals surface area contributed by atoms with Gasteiger partial charge in [0.05, 0.1) is 5.69 Å². The van der Waals surface area contributed by atoms with Crippen molar-refractivity contribution in [3.63, 3.8) is 0 Å². The highest BCUT2D eigenvalue weighted by molar-refractivity contribution is 7.17. The van der Waals surface area contributed by atoms with Crippen molar-refractivity contribution in [2.24, 2.45) is 0 Å². The van der Waals surface area contributed by atoms with Crippen LogP contribution in [0.15, 0.2) is 41.9 Å². The molecule has 2 heterocycles. The Balaban J connectivity index is 1.62. The van der Waals surface area contributed by atoms with Gasteiger partial charge in [0.15, 0.2) is 0 Å². The summed E-state index contributed by atoms with van der Waals surface area (Å²) in [4.78, 5) is 12.5. The van der Waals surface area contributed by atoms with E-state index in [1.165, 1.54) is 4.70 Å². The van der Waals surface area contributed by atoms with Gasteiger partial charge >= 0.3 is 0 Å². The van der Waals surface area contributed by atoms with Crippen molar-refractivity contribution in [2.75, 3.05) is 11.1 Å². The van der Waals surface area contributed by atoms with Gasteiger partial charge in [-0.1, -0.05) is 0 Å². The summed E-state index contributed by atoms with van der Waals surface area (Å²) in [5.41, 5.74) is 7.93. The number of hydrogen-bond acceptors (Lipinski definition) is 3. The van der Waals surface area contributed by atoms with Gasteiger partial charge in [-0.25, -0.2) is 0 Å². The maximum Gasteiger partial charge on any atom is 0.272 e. The third-order valence-corrected chi connectivity index (χ3v) is 4.65. The molecule has 4 nitrogen and oxygen atoms in total. The number of nitrogens with one attached hydrogen (secondary N) is 1. The number of amides is 1. The largest absolute Gasteiger partial charge is 0.397 e. The minimum Gasteiger partial charge on any atom is -0.397 e. The molecule has 0 aliphatic heterocycles. The van der Waals surface area contributed by atoms with E-state index in [1.54, 1.807) is 17.4 Å². The third-order valence-electron chi connectivity index (χ3n) is 3.75. The fourth-order valence-corrected chi connectivity index (χ4v) is 3.35. The number of nitrogen functional groups attached to an aromatic ring is 1. The van der Waals surface area contributed by atoms with E-state index >= 15 is 0 Å². The maximum atomic E-state index is 12.5. The van der Waals surface area contributed by atoms with Crippen molar-refractivity contribution in [1.29, 1.82) is 0 Å². The first-order valence-corrected chi connectivity index (χ1v) is 7.84. The van der Waals surface area contributed by atoms with E-state index in [-0.39, 0.29) is 5.91 Å². The zero-order chi connectivity index (χ0) is 14.4. The molecule has 0 radical (unpaired) electrons.